The molecule has 0 atom stereocenters. The maximum Gasteiger partial charge on any atom is 0.306 e. The smallest absolute Gasteiger partial charge is 0.306 e. The minimum Gasteiger partial charge on any atom is -0.497 e. The fraction of sp³-hybridized carbons (Fsp3) is 0.579. The molecule has 0 spiro atoms. The summed E-state index contributed by atoms with van der Waals surface area (Å²) in [4.78, 5) is 23.5. The molecular weight excluding hydrogens is 306 g/mol. The summed E-state index contributed by atoms with van der Waals surface area (Å²) >= 11 is 0. The third-order valence-corrected chi connectivity index (χ3v) is 4.46. The summed E-state index contributed by atoms with van der Waals surface area (Å²) in [6, 6.07) is 6.99. The second kappa shape index (κ2) is 9.96. The van der Waals surface area contributed by atoms with Crippen molar-refractivity contribution in [2.75, 3.05) is 19.0 Å². The van der Waals surface area contributed by atoms with Crippen molar-refractivity contribution in [2.45, 2.75) is 51.4 Å². The van der Waals surface area contributed by atoms with Crippen LogP contribution >= 0.6 is 0 Å². The van der Waals surface area contributed by atoms with Gasteiger partial charge in [-0.05, 0) is 43.0 Å². The second-order valence-electron chi connectivity index (χ2n) is 6.33. The summed E-state index contributed by atoms with van der Waals surface area (Å²) in [7, 11) is 1.58. The van der Waals surface area contributed by atoms with E-state index in [4.69, 9.17) is 9.47 Å². The van der Waals surface area contributed by atoms with Gasteiger partial charge in [-0.1, -0.05) is 32.1 Å². The molecule has 0 heterocycles. The highest BCUT2D eigenvalue weighted by Crippen LogP contribution is 2.27. The summed E-state index contributed by atoms with van der Waals surface area (Å²) < 4.78 is 10.1. The maximum absolute atomic E-state index is 11.8. The predicted octanol–water partition coefficient (Wildman–Crippen LogP) is 3.93. The van der Waals surface area contributed by atoms with Crippen molar-refractivity contribution in [3.63, 3.8) is 0 Å². The molecule has 2 rings (SSSR count). The summed E-state index contributed by atoms with van der Waals surface area (Å²) in [5, 5.41) is 2.68. The van der Waals surface area contributed by atoms with Crippen LogP contribution in [0.2, 0.25) is 0 Å². The fourth-order valence-electron chi connectivity index (χ4n) is 3.10. The Hall–Kier alpha value is -2.04. The Morgan fingerprint density at radius 1 is 1.12 bits per heavy atom. The molecule has 1 aliphatic carbocycles. The monoisotopic (exact) mass is 333 g/mol. The van der Waals surface area contributed by atoms with Crippen molar-refractivity contribution in [2.24, 2.45) is 5.92 Å². The molecule has 0 radical (unpaired) electrons. The predicted molar refractivity (Wildman–Crippen MR) is 93.0 cm³/mol. The number of hydrogen-bond donors (Lipinski definition) is 1. The Morgan fingerprint density at radius 3 is 2.50 bits per heavy atom. The Kier molecular flexibility index (Phi) is 7.59. The SMILES string of the molecule is COc1ccc(NC(=O)COC(=O)CCCC2CCCCC2)cc1. The van der Waals surface area contributed by atoms with Gasteiger partial charge in [-0.15, -0.1) is 0 Å². The maximum atomic E-state index is 11.8. The van der Waals surface area contributed by atoms with Crippen LogP contribution in [0.4, 0.5) is 5.69 Å². The molecule has 1 amide bonds. The van der Waals surface area contributed by atoms with E-state index in [0.717, 1.165) is 24.5 Å². The van der Waals surface area contributed by atoms with Crippen molar-refractivity contribution in [3.05, 3.63) is 24.3 Å². The highest BCUT2D eigenvalue weighted by Gasteiger charge is 2.14. The van der Waals surface area contributed by atoms with Crippen LogP contribution in [-0.4, -0.2) is 25.6 Å². The number of methoxy groups -OCH3 is 1. The largest absolute Gasteiger partial charge is 0.497 e. The minimum absolute atomic E-state index is 0.242. The summed E-state index contributed by atoms with van der Waals surface area (Å²) in [6.45, 7) is -0.242. The average Bonchev–Trinajstić information content (AvgIpc) is 2.61. The van der Waals surface area contributed by atoms with Crippen LogP contribution in [0.25, 0.3) is 0 Å². The van der Waals surface area contributed by atoms with Crippen molar-refractivity contribution in [1.29, 1.82) is 0 Å². The van der Waals surface area contributed by atoms with Gasteiger partial charge in [0.2, 0.25) is 0 Å². The zero-order valence-electron chi connectivity index (χ0n) is 14.4. The average molecular weight is 333 g/mol. The van der Waals surface area contributed by atoms with Gasteiger partial charge in [-0.3, -0.25) is 9.59 Å². The number of nitrogens with one attached hydrogen (secondary N) is 1. The highest BCUT2D eigenvalue weighted by atomic mass is 16.5. The van der Waals surface area contributed by atoms with Gasteiger partial charge in [0.05, 0.1) is 7.11 Å². The first-order chi connectivity index (χ1) is 11.7. The number of hydrogen-bond acceptors (Lipinski definition) is 4. The second-order valence-corrected chi connectivity index (χ2v) is 6.33. The summed E-state index contributed by atoms with van der Waals surface area (Å²) in [6.07, 6.45) is 8.91. The molecule has 0 aromatic heterocycles. The van der Waals surface area contributed by atoms with E-state index in [1.807, 2.05) is 0 Å². The molecule has 1 aromatic carbocycles. The molecule has 5 nitrogen and oxygen atoms in total. The Labute approximate surface area is 143 Å². The van der Waals surface area contributed by atoms with Crippen LogP contribution in [-0.2, 0) is 14.3 Å². The molecule has 0 saturated heterocycles. The molecule has 132 valence electrons. The van der Waals surface area contributed by atoms with Gasteiger partial charge in [0.1, 0.15) is 5.75 Å². The Bertz CT molecular complexity index is 521. The van der Waals surface area contributed by atoms with Crippen LogP contribution in [0.1, 0.15) is 51.4 Å². The molecule has 5 heteroatoms. The van der Waals surface area contributed by atoms with Crippen molar-refractivity contribution >= 4 is 17.6 Å². The molecule has 1 N–H and O–H groups in total. The first-order valence-corrected chi connectivity index (χ1v) is 8.77. The molecule has 1 aromatic rings. The van der Waals surface area contributed by atoms with Crippen LogP contribution < -0.4 is 10.1 Å². The van der Waals surface area contributed by atoms with Gasteiger partial charge in [-0.25, -0.2) is 0 Å². The van der Waals surface area contributed by atoms with Crippen LogP contribution in [0.3, 0.4) is 0 Å². The number of rotatable bonds is 8. The van der Waals surface area contributed by atoms with Gasteiger partial charge in [0.25, 0.3) is 5.91 Å². The normalized spacial score (nSPS) is 14.9. The lowest BCUT2D eigenvalue weighted by atomic mass is 9.86. The number of carbonyl (C=O) groups is 2. The summed E-state index contributed by atoms with van der Waals surface area (Å²) in [5.41, 5.74) is 0.647. The molecule has 0 bridgehead atoms. The lowest BCUT2D eigenvalue weighted by Crippen LogP contribution is -2.20. The number of amides is 1. The van der Waals surface area contributed by atoms with Crippen LogP contribution in [0.15, 0.2) is 24.3 Å². The Morgan fingerprint density at radius 2 is 1.83 bits per heavy atom. The fourth-order valence-corrected chi connectivity index (χ4v) is 3.10. The van der Waals surface area contributed by atoms with Crippen molar-refractivity contribution in [1.82, 2.24) is 0 Å². The number of esters is 1. The lowest BCUT2D eigenvalue weighted by molar-refractivity contribution is -0.147. The molecule has 0 unspecified atom stereocenters. The van der Waals surface area contributed by atoms with Gasteiger partial charge in [0.15, 0.2) is 6.61 Å². The van der Waals surface area contributed by atoms with Crippen LogP contribution in [0.5, 0.6) is 5.75 Å². The van der Waals surface area contributed by atoms with Crippen molar-refractivity contribution in [3.8, 4) is 5.75 Å². The minimum atomic E-state index is -0.333. The van der Waals surface area contributed by atoms with E-state index in [2.05, 4.69) is 5.32 Å². The highest BCUT2D eigenvalue weighted by molar-refractivity contribution is 5.92. The van der Waals surface area contributed by atoms with E-state index in [1.165, 1.54) is 32.1 Å². The topological polar surface area (TPSA) is 64.6 Å². The van der Waals surface area contributed by atoms with Gasteiger partial charge >= 0.3 is 5.97 Å². The number of benzene rings is 1. The Balaban J connectivity index is 1.59. The zero-order chi connectivity index (χ0) is 17.2. The zero-order valence-corrected chi connectivity index (χ0v) is 14.4. The van der Waals surface area contributed by atoms with Crippen molar-refractivity contribution < 1.29 is 19.1 Å². The number of carbonyl (C=O) groups excluding carboxylic acids is 2. The third kappa shape index (κ3) is 6.60. The van der Waals surface area contributed by atoms with E-state index in [0.29, 0.717) is 12.1 Å². The van der Waals surface area contributed by atoms with Crippen LogP contribution in [0, 0.1) is 5.92 Å². The summed E-state index contributed by atoms with van der Waals surface area (Å²) in [5.74, 6) is 0.860. The first kappa shape index (κ1) is 18.3. The van der Waals surface area contributed by atoms with E-state index in [-0.39, 0.29) is 18.5 Å². The van der Waals surface area contributed by atoms with Gasteiger partial charge < -0.3 is 14.8 Å². The molecule has 1 saturated carbocycles. The quantitative estimate of drug-likeness (QED) is 0.732. The van der Waals surface area contributed by atoms with E-state index < -0.39 is 0 Å². The molecule has 24 heavy (non-hydrogen) atoms. The van der Waals surface area contributed by atoms with E-state index >= 15 is 0 Å². The standard InChI is InChI=1S/C19H27NO4/c1-23-17-12-10-16(11-13-17)20-18(21)14-24-19(22)9-5-8-15-6-3-2-4-7-15/h10-13,15H,2-9,14H2,1H3,(H,20,21). The van der Waals surface area contributed by atoms with Gasteiger partial charge in [-0.2, -0.15) is 0 Å². The lowest BCUT2D eigenvalue weighted by Gasteiger charge is -2.20. The third-order valence-electron chi connectivity index (χ3n) is 4.46. The first-order valence-electron chi connectivity index (χ1n) is 8.77. The molecule has 1 aliphatic rings. The number of ether oxygens (including phenoxy) is 2. The van der Waals surface area contributed by atoms with E-state index in [9.17, 15) is 9.59 Å². The molecule has 1 fully saturated rings. The molecule has 0 aliphatic heterocycles. The number of anilines is 1. The van der Waals surface area contributed by atoms with Gasteiger partial charge in [0, 0.05) is 12.1 Å². The molecular formula is C19H27NO4. The van der Waals surface area contributed by atoms with E-state index in [1.54, 1.807) is 31.4 Å².